The van der Waals surface area contributed by atoms with Crippen molar-refractivity contribution in [3.05, 3.63) is 29.3 Å². The fourth-order valence-electron chi connectivity index (χ4n) is 1.92. The Balaban J connectivity index is 2.52. The van der Waals surface area contributed by atoms with E-state index < -0.39 is 38.7 Å². The third kappa shape index (κ3) is 2.53. The summed E-state index contributed by atoms with van der Waals surface area (Å²) in [6, 6.07) is 1.40. The first-order valence-electron chi connectivity index (χ1n) is 5.36. The van der Waals surface area contributed by atoms with E-state index in [1.54, 1.807) is 0 Å². The van der Waals surface area contributed by atoms with Crippen molar-refractivity contribution in [1.29, 1.82) is 0 Å². The van der Waals surface area contributed by atoms with Crippen molar-refractivity contribution >= 4 is 21.7 Å². The van der Waals surface area contributed by atoms with Gasteiger partial charge in [-0.2, -0.15) is 0 Å². The number of rotatable bonds is 4. The normalized spacial score (nSPS) is 17.0. The van der Waals surface area contributed by atoms with Crippen LogP contribution in [0, 0.1) is 11.6 Å². The lowest BCUT2D eigenvalue weighted by Crippen LogP contribution is -2.22. The van der Waals surface area contributed by atoms with Crippen molar-refractivity contribution < 1.29 is 27.1 Å². The molecule has 104 valence electrons. The molecule has 0 unspecified atom stereocenters. The van der Waals surface area contributed by atoms with Gasteiger partial charge in [0.2, 0.25) is 10.0 Å². The number of sulfonamides is 1. The quantitative estimate of drug-likeness (QED) is 0.879. The fourth-order valence-corrected chi connectivity index (χ4v) is 2.47. The highest BCUT2D eigenvalue weighted by molar-refractivity contribution is 7.92. The zero-order chi connectivity index (χ0) is 14.4. The van der Waals surface area contributed by atoms with Gasteiger partial charge < -0.3 is 5.11 Å². The van der Waals surface area contributed by atoms with Gasteiger partial charge in [0.05, 0.1) is 17.4 Å². The number of hydrogen-bond donors (Lipinski definition) is 2. The van der Waals surface area contributed by atoms with Crippen molar-refractivity contribution in [3.8, 4) is 0 Å². The number of carbonyl (C=O) groups is 1. The molecule has 1 aromatic carbocycles. The molecule has 2 N–H and O–H groups in total. The molecule has 0 spiro atoms. The van der Waals surface area contributed by atoms with Gasteiger partial charge in [0.25, 0.3) is 0 Å². The maximum atomic E-state index is 13.7. The Hall–Kier alpha value is -1.70. The summed E-state index contributed by atoms with van der Waals surface area (Å²) >= 11 is 0. The molecular formula is C11H11F2NO4S. The predicted octanol–water partition coefficient (Wildman–Crippen LogP) is 1.45. The number of benzene rings is 1. The van der Waals surface area contributed by atoms with Crippen LogP contribution in [0.15, 0.2) is 12.1 Å². The molecule has 1 fully saturated rings. The fraction of sp³-hybridized carbons (Fsp3) is 0.364. The molecular weight excluding hydrogens is 280 g/mol. The summed E-state index contributed by atoms with van der Waals surface area (Å²) in [5.41, 5.74) is -2.02. The molecule has 0 radical (unpaired) electrons. The highest BCUT2D eigenvalue weighted by Crippen LogP contribution is 2.50. The van der Waals surface area contributed by atoms with Gasteiger partial charge in [0, 0.05) is 11.6 Å². The van der Waals surface area contributed by atoms with Gasteiger partial charge in [0.15, 0.2) is 0 Å². The maximum Gasteiger partial charge on any atom is 0.314 e. The van der Waals surface area contributed by atoms with Crippen LogP contribution in [0.25, 0.3) is 0 Å². The molecule has 8 heteroatoms. The van der Waals surface area contributed by atoms with Crippen LogP contribution < -0.4 is 4.72 Å². The summed E-state index contributed by atoms with van der Waals surface area (Å²) in [5.74, 6) is -3.28. The first-order chi connectivity index (χ1) is 8.66. The van der Waals surface area contributed by atoms with Gasteiger partial charge >= 0.3 is 5.97 Å². The van der Waals surface area contributed by atoms with E-state index in [0.717, 1.165) is 12.3 Å². The molecule has 0 bridgehead atoms. The minimum absolute atomic E-state index is 0.201. The van der Waals surface area contributed by atoms with E-state index in [0.29, 0.717) is 6.07 Å². The minimum atomic E-state index is -3.73. The summed E-state index contributed by atoms with van der Waals surface area (Å²) in [4.78, 5) is 11.1. The predicted molar refractivity (Wildman–Crippen MR) is 63.4 cm³/mol. The average Bonchev–Trinajstić information content (AvgIpc) is 3.01. The smallest absolute Gasteiger partial charge is 0.314 e. The highest BCUT2D eigenvalue weighted by Gasteiger charge is 2.53. The molecule has 19 heavy (non-hydrogen) atoms. The lowest BCUT2D eigenvalue weighted by Gasteiger charge is -2.14. The van der Waals surface area contributed by atoms with Gasteiger partial charge in [0.1, 0.15) is 11.6 Å². The van der Waals surface area contributed by atoms with Gasteiger partial charge in [-0.15, -0.1) is 0 Å². The molecule has 0 aliphatic heterocycles. The molecule has 1 aliphatic carbocycles. The number of halogens is 2. The maximum absolute atomic E-state index is 13.7. The van der Waals surface area contributed by atoms with E-state index >= 15 is 0 Å². The van der Waals surface area contributed by atoms with E-state index in [9.17, 15) is 22.0 Å². The summed E-state index contributed by atoms with van der Waals surface area (Å²) in [6.45, 7) is 0. The van der Waals surface area contributed by atoms with Crippen molar-refractivity contribution in [2.45, 2.75) is 18.3 Å². The number of nitrogens with one attached hydrogen (secondary N) is 1. The van der Waals surface area contributed by atoms with Crippen molar-refractivity contribution in [2.75, 3.05) is 11.0 Å². The van der Waals surface area contributed by atoms with E-state index in [2.05, 4.69) is 0 Å². The standard InChI is InChI=1S/C11H11F2NO4S/c1-19(17,18)14-9-4-6(7(12)5-8(9)13)11(2-3-11)10(15)16/h4-5,14H,2-3H2,1H3,(H,15,16). The van der Waals surface area contributed by atoms with Crippen LogP contribution in [0.1, 0.15) is 18.4 Å². The van der Waals surface area contributed by atoms with Crippen LogP contribution >= 0.6 is 0 Å². The topological polar surface area (TPSA) is 83.5 Å². The molecule has 1 saturated carbocycles. The second-order valence-electron chi connectivity index (χ2n) is 4.57. The summed E-state index contributed by atoms with van der Waals surface area (Å²) in [7, 11) is -3.73. The molecule has 5 nitrogen and oxygen atoms in total. The van der Waals surface area contributed by atoms with Crippen LogP contribution in [0.5, 0.6) is 0 Å². The Kier molecular flexibility index (Phi) is 3.00. The van der Waals surface area contributed by atoms with E-state index in [4.69, 9.17) is 5.11 Å². The van der Waals surface area contributed by atoms with Crippen LogP contribution in [0.3, 0.4) is 0 Å². The zero-order valence-electron chi connectivity index (χ0n) is 9.91. The zero-order valence-corrected chi connectivity index (χ0v) is 10.7. The Labute approximate surface area is 108 Å². The molecule has 0 saturated heterocycles. The van der Waals surface area contributed by atoms with Gasteiger partial charge in [-0.1, -0.05) is 0 Å². The van der Waals surface area contributed by atoms with Crippen molar-refractivity contribution in [2.24, 2.45) is 0 Å². The Bertz CT molecular complexity index is 653. The molecule has 0 amide bonds. The number of carboxylic acid groups (broad SMARTS) is 1. The van der Waals surface area contributed by atoms with Crippen LogP contribution in [-0.4, -0.2) is 25.7 Å². The third-order valence-electron chi connectivity index (χ3n) is 3.03. The van der Waals surface area contributed by atoms with E-state index in [1.165, 1.54) is 0 Å². The molecule has 0 atom stereocenters. The molecule has 0 heterocycles. The highest BCUT2D eigenvalue weighted by atomic mass is 32.2. The van der Waals surface area contributed by atoms with Gasteiger partial charge in [-0.05, 0) is 18.9 Å². The molecule has 0 aromatic heterocycles. The van der Waals surface area contributed by atoms with Crippen LogP contribution in [0.2, 0.25) is 0 Å². The SMILES string of the molecule is CS(=O)(=O)Nc1cc(C2(C(=O)O)CC2)c(F)cc1F. The number of carboxylic acids is 1. The summed E-state index contributed by atoms with van der Waals surface area (Å²) < 4.78 is 51.1. The third-order valence-corrected chi connectivity index (χ3v) is 3.62. The molecule has 1 aliphatic rings. The Morgan fingerprint density at radius 1 is 1.32 bits per heavy atom. The summed E-state index contributed by atoms with van der Waals surface area (Å²) in [5, 5.41) is 9.08. The number of anilines is 1. The van der Waals surface area contributed by atoms with Crippen molar-refractivity contribution in [3.63, 3.8) is 0 Å². The first kappa shape index (κ1) is 13.7. The second kappa shape index (κ2) is 4.16. The van der Waals surface area contributed by atoms with E-state index in [-0.39, 0.29) is 18.4 Å². The number of hydrogen-bond acceptors (Lipinski definition) is 3. The monoisotopic (exact) mass is 291 g/mol. The second-order valence-corrected chi connectivity index (χ2v) is 6.32. The minimum Gasteiger partial charge on any atom is -0.481 e. The number of aliphatic carboxylic acids is 1. The van der Waals surface area contributed by atoms with Crippen LogP contribution in [-0.2, 0) is 20.2 Å². The van der Waals surface area contributed by atoms with Crippen LogP contribution in [0.4, 0.5) is 14.5 Å². The van der Waals surface area contributed by atoms with Gasteiger partial charge in [-0.25, -0.2) is 17.2 Å². The van der Waals surface area contributed by atoms with Crippen molar-refractivity contribution in [1.82, 2.24) is 0 Å². The summed E-state index contributed by atoms with van der Waals surface area (Å²) in [6.07, 6.45) is 1.30. The van der Waals surface area contributed by atoms with E-state index in [1.807, 2.05) is 4.72 Å². The lowest BCUT2D eigenvalue weighted by molar-refractivity contribution is -0.140. The largest absolute Gasteiger partial charge is 0.481 e. The Morgan fingerprint density at radius 3 is 2.32 bits per heavy atom. The van der Waals surface area contributed by atoms with Gasteiger partial charge in [-0.3, -0.25) is 9.52 Å². The Morgan fingerprint density at radius 2 is 1.89 bits per heavy atom. The molecule has 2 rings (SSSR count). The molecule has 1 aromatic rings. The first-order valence-corrected chi connectivity index (χ1v) is 7.25. The lowest BCUT2D eigenvalue weighted by atomic mass is 9.95. The average molecular weight is 291 g/mol.